The lowest BCUT2D eigenvalue weighted by Gasteiger charge is -2.41. The predicted octanol–water partition coefficient (Wildman–Crippen LogP) is 3.62. The lowest BCUT2D eigenvalue weighted by molar-refractivity contribution is -0.155. The van der Waals surface area contributed by atoms with E-state index in [4.69, 9.17) is 23.2 Å². The minimum Gasteiger partial charge on any atom is -0.481 e. The van der Waals surface area contributed by atoms with Crippen LogP contribution >= 0.6 is 23.2 Å². The van der Waals surface area contributed by atoms with Crippen molar-refractivity contribution < 1.29 is 14.7 Å². The van der Waals surface area contributed by atoms with Crippen LogP contribution < -0.4 is 0 Å². The van der Waals surface area contributed by atoms with E-state index < -0.39 is 17.8 Å². The number of piperidine rings is 1. The van der Waals surface area contributed by atoms with E-state index in [-0.39, 0.29) is 11.8 Å². The Balaban J connectivity index is 1.79. The van der Waals surface area contributed by atoms with Gasteiger partial charge in [-0.3, -0.25) is 9.59 Å². The molecule has 1 saturated heterocycles. The number of allylic oxidation sites excluding steroid dienone is 2. The summed E-state index contributed by atoms with van der Waals surface area (Å²) in [5, 5.41) is 10.3. The van der Waals surface area contributed by atoms with Crippen molar-refractivity contribution in [3.63, 3.8) is 0 Å². The Labute approximate surface area is 144 Å². The molecule has 4 nitrogen and oxygen atoms in total. The molecule has 1 aliphatic heterocycles. The molecule has 3 atom stereocenters. The van der Waals surface area contributed by atoms with Gasteiger partial charge in [-0.2, -0.15) is 0 Å². The summed E-state index contributed by atoms with van der Waals surface area (Å²) >= 11 is 11.9. The number of halogens is 2. The van der Waals surface area contributed by atoms with Crippen LogP contribution in [0.1, 0.15) is 18.4 Å². The highest BCUT2D eigenvalue weighted by atomic mass is 35.5. The molecular weight excluding hydrogens is 337 g/mol. The second-order valence-electron chi connectivity index (χ2n) is 6.10. The Hall–Kier alpha value is -1.52. The molecule has 0 unspecified atom stereocenters. The molecule has 1 aromatic carbocycles. The zero-order valence-corrected chi connectivity index (χ0v) is 13.9. The first kappa shape index (κ1) is 16.3. The average Bonchev–Trinajstić information content (AvgIpc) is 2.53. The van der Waals surface area contributed by atoms with Crippen LogP contribution in [0.15, 0.2) is 30.4 Å². The Morgan fingerprint density at radius 3 is 2.78 bits per heavy atom. The van der Waals surface area contributed by atoms with Gasteiger partial charge >= 0.3 is 5.97 Å². The maximum Gasteiger partial charge on any atom is 0.307 e. The molecule has 0 saturated carbocycles. The van der Waals surface area contributed by atoms with Gasteiger partial charge in [0.05, 0.1) is 21.9 Å². The molecule has 2 aliphatic rings. The molecule has 23 heavy (non-hydrogen) atoms. The standard InChI is InChI=1S/C17H17Cl2NO3/c18-13-5-4-10(8-14(13)19)9-20-7-6-11-2-1-3-12(17(22)23)15(11)16(20)21/h1-2,4-5,8,11-12,15H,3,6-7,9H2,(H,22,23)/t11-,12+,15-/m0/s1. The zero-order chi connectivity index (χ0) is 16.6. The molecule has 1 aliphatic carbocycles. The first-order chi connectivity index (χ1) is 11.0. The zero-order valence-electron chi connectivity index (χ0n) is 12.4. The summed E-state index contributed by atoms with van der Waals surface area (Å²) in [6, 6.07) is 5.29. The van der Waals surface area contributed by atoms with Gasteiger partial charge in [0.1, 0.15) is 0 Å². The monoisotopic (exact) mass is 353 g/mol. The summed E-state index contributed by atoms with van der Waals surface area (Å²) in [7, 11) is 0. The van der Waals surface area contributed by atoms with Crippen molar-refractivity contribution >= 4 is 35.1 Å². The van der Waals surface area contributed by atoms with E-state index in [0.717, 1.165) is 12.0 Å². The van der Waals surface area contributed by atoms with Crippen LogP contribution in [-0.2, 0) is 16.1 Å². The van der Waals surface area contributed by atoms with Gasteiger partial charge in [0, 0.05) is 13.1 Å². The number of amides is 1. The summed E-state index contributed by atoms with van der Waals surface area (Å²) in [6.45, 7) is 1.05. The summed E-state index contributed by atoms with van der Waals surface area (Å²) in [5.41, 5.74) is 0.893. The average molecular weight is 354 g/mol. The number of nitrogens with zero attached hydrogens (tertiary/aromatic N) is 1. The molecule has 1 aromatic rings. The van der Waals surface area contributed by atoms with Gasteiger partial charge in [0.2, 0.25) is 5.91 Å². The van der Waals surface area contributed by atoms with E-state index in [1.807, 2.05) is 18.2 Å². The third-order valence-electron chi connectivity index (χ3n) is 4.67. The Bertz CT molecular complexity index is 674. The quantitative estimate of drug-likeness (QED) is 0.844. The van der Waals surface area contributed by atoms with Crippen molar-refractivity contribution in [1.82, 2.24) is 4.90 Å². The third-order valence-corrected chi connectivity index (χ3v) is 5.41. The number of carboxylic acid groups (broad SMARTS) is 1. The number of carboxylic acids is 1. The number of rotatable bonds is 3. The van der Waals surface area contributed by atoms with Gasteiger partial charge in [-0.25, -0.2) is 0 Å². The Morgan fingerprint density at radius 2 is 2.09 bits per heavy atom. The van der Waals surface area contributed by atoms with Gasteiger partial charge in [-0.1, -0.05) is 41.4 Å². The molecule has 1 heterocycles. The minimum atomic E-state index is -0.894. The van der Waals surface area contributed by atoms with Crippen LogP contribution in [0.25, 0.3) is 0 Å². The third kappa shape index (κ3) is 3.24. The number of hydrogen-bond acceptors (Lipinski definition) is 2. The Kier molecular flexibility index (Phi) is 4.64. The van der Waals surface area contributed by atoms with Crippen molar-refractivity contribution in [2.75, 3.05) is 6.54 Å². The first-order valence-corrected chi connectivity index (χ1v) is 8.35. The molecule has 0 spiro atoms. The minimum absolute atomic E-state index is 0.0300. The topological polar surface area (TPSA) is 57.6 Å². The van der Waals surface area contributed by atoms with Gasteiger partial charge in [-0.15, -0.1) is 0 Å². The highest BCUT2D eigenvalue weighted by Gasteiger charge is 2.44. The highest BCUT2D eigenvalue weighted by molar-refractivity contribution is 6.42. The van der Waals surface area contributed by atoms with E-state index in [1.165, 1.54) is 0 Å². The van der Waals surface area contributed by atoms with E-state index in [2.05, 4.69) is 0 Å². The first-order valence-electron chi connectivity index (χ1n) is 7.59. The fourth-order valence-corrected chi connectivity index (χ4v) is 3.81. The van der Waals surface area contributed by atoms with Crippen LogP contribution in [-0.4, -0.2) is 28.4 Å². The van der Waals surface area contributed by atoms with Crippen molar-refractivity contribution in [3.05, 3.63) is 46.0 Å². The van der Waals surface area contributed by atoms with Crippen LogP contribution in [0, 0.1) is 17.8 Å². The van der Waals surface area contributed by atoms with E-state index in [9.17, 15) is 14.7 Å². The van der Waals surface area contributed by atoms with E-state index in [1.54, 1.807) is 17.0 Å². The normalized spacial score (nSPS) is 27.0. The second-order valence-corrected chi connectivity index (χ2v) is 6.91. The molecule has 6 heteroatoms. The van der Waals surface area contributed by atoms with Crippen LogP contribution in [0.2, 0.25) is 10.0 Å². The maximum atomic E-state index is 12.8. The number of fused-ring (bicyclic) bond motifs is 1. The molecule has 0 aromatic heterocycles. The molecule has 122 valence electrons. The largest absolute Gasteiger partial charge is 0.481 e. The number of carbonyl (C=O) groups is 2. The van der Waals surface area contributed by atoms with Crippen molar-refractivity contribution in [1.29, 1.82) is 0 Å². The summed E-state index contributed by atoms with van der Waals surface area (Å²) < 4.78 is 0. The van der Waals surface area contributed by atoms with E-state index in [0.29, 0.717) is 29.6 Å². The van der Waals surface area contributed by atoms with Crippen LogP contribution in [0.5, 0.6) is 0 Å². The number of hydrogen-bond donors (Lipinski definition) is 1. The lowest BCUT2D eigenvalue weighted by atomic mass is 9.71. The van der Waals surface area contributed by atoms with Crippen molar-refractivity contribution in [2.45, 2.75) is 19.4 Å². The highest BCUT2D eigenvalue weighted by Crippen LogP contribution is 2.38. The fourth-order valence-electron chi connectivity index (χ4n) is 3.49. The van der Waals surface area contributed by atoms with Crippen molar-refractivity contribution in [3.8, 4) is 0 Å². The van der Waals surface area contributed by atoms with Gasteiger partial charge in [-0.05, 0) is 36.5 Å². The maximum absolute atomic E-state index is 12.8. The summed E-state index contributed by atoms with van der Waals surface area (Å²) in [6.07, 6.45) is 5.10. The van der Waals surface area contributed by atoms with Crippen LogP contribution in [0.4, 0.5) is 0 Å². The molecule has 3 rings (SSSR count). The molecule has 0 bridgehead atoms. The number of benzene rings is 1. The van der Waals surface area contributed by atoms with Crippen LogP contribution in [0.3, 0.4) is 0 Å². The summed E-state index contributed by atoms with van der Waals surface area (Å²) in [4.78, 5) is 26.0. The molecule has 1 fully saturated rings. The molecule has 1 amide bonds. The lowest BCUT2D eigenvalue weighted by Crippen LogP contribution is -2.49. The smallest absolute Gasteiger partial charge is 0.307 e. The van der Waals surface area contributed by atoms with Crippen molar-refractivity contribution in [2.24, 2.45) is 17.8 Å². The molecule has 0 radical (unpaired) electrons. The SMILES string of the molecule is O=C(O)[C@@H]1CC=C[C@H]2CCN(Cc3ccc(Cl)c(Cl)c3)C(=O)[C@@H]21. The molecule has 1 N–H and O–H groups in total. The van der Waals surface area contributed by atoms with Gasteiger partial charge in [0.25, 0.3) is 0 Å². The van der Waals surface area contributed by atoms with Gasteiger partial charge < -0.3 is 10.0 Å². The molecular formula is C17H17Cl2NO3. The van der Waals surface area contributed by atoms with E-state index >= 15 is 0 Å². The summed E-state index contributed by atoms with van der Waals surface area (Å²) in [5.74, 6) is -2.04. The fraction of sp³-hybridized carbons (Fsp3) is 0.412. The number of likely N-dealkylation sites (tertiary alicyclic amines) is 1. The number of aliphatic carboxylic acids is 1. The second kappa shape index (κ2) is 6.54. The Morgan fingerprint density at radius 1 is 1.30 bits per heavy atom. The van der Waals surface area contributed by atoms with Gasteiger partial charge in [0.15, 0.2) is 0 Å². The predicted molar refractivity (Wildman–Crippen MR) is 88.4 cm³/mol. The number of carbonyl (C=O) groups excluding carboxylic acids is 1.